The van der Waals surface area contributed by atoms with Crippen LogP contribution in [0.15, 0.2) is 5.03 Å². The van der Waals surface area contributed by atoms with Crippen LogP contribution in [0.1, 0.15) is 19.5 Å². The van der Waals surface area contributed by atoms with Crippen LogP contribution in [-0.2, 0) is 0 Å². The second-order valence-electron chi connectivity index (χ2n) is 3.86. The highest BCUT2D eigenvalue weighted by Crippen LogP contribution is 2.33. The van der Waals surface area contributed by atoms with Crippen molar-refractivity contribution in [1.29, 1.82) is 0 Å². The smallest absolute Gasteiger partial charge is 0.322 e. The van der Waals surface area contributed by atoms with Gasteiger partial charge in [-0.2, -0.15) is 4.98 Å². The second-order valence-corrected chi connectivity index (χ2v) is 5.22. The summed E-state index contributed by atoms with van der Waals surface area (Å²) >= 11 is 1.17. The van der Waals surface area contributed by atoms with Gasteiger partial charge in [-0.05, 0) is 13.8 Å². The van der Waals surface area contributed by atoms with Crippen LogP contribution in [0.2, 0.25) is 0 Å². The Morgan fingerprint density at radius 2 is 2.06 bits per heavy atom. The number of hydrogen-bond donors (Lipinski definition) is 2. The number of aliphatic hydroxyl groups excluding tert-OH is 1. The summed E-state index contributed by atoms with van der Waals surface area (Å²) in [5.74, 6) is 0.332. The fraction of sp³-hybridized carbons (Fsp3) is 0.600. The van der Waals surface area contributed by atoms with E-state index in [1.807, 2.05) is 0 Å². The molecule has 2 atom stereocenters. The Labute approximate surface area is 109 Å². The van der Waals surface area contributed by atoms with Gasteiger partial charge >= 0.3 is 5.69 Å². The van der Waals surface area contributed by atoms with Gasteiger partial charge in [-0.3, -0.25) is 10.1 Å². The molecule has 0 amide bonds. The van der Waals surface area contributed by atoms with Gasteiger partial charge in [0, 0.05) is 12.3 Å². The lowest BCUT2D eigenvalue weighted by atomic mass is 10.3. The maximum absolute atomic E-state index is 11.0. The third kappa shape index (κ3) is 3.30. The van der Waals surface area contributed by atoms with Gasteiger partial charge < -0.3 is 10.4 Å². The standard InChI is InChI=1S/C10H16N4O3S/c1-5-8(14(16)17)9(13-10(11-4)12-5)18-7(3)6(2)15/h6-7,15H,1-4H3,(H,11,12,13). The number of aromatic nitrogens is 2. The van der Waals surface area contributed by atoms with Gasteiger partial charge in [0.2, 0.25) is 5.95 Å². The zero-order valence-electron chi connectivity index (χ0n) is 10.7. The third-order valence-electron chi connectivity index (χ3n) is 2.41. The minimum absolute atomic E-state index is 0.105. The summed E-state index contributed by atoms with van der Waals surface area (Å²) in [6, 6.07) is 0. The zero-order valence-corrected chi connectivity index (χ0v) is 11.5. The second kappa shape index (κ2) is 5.96. The lowest BCUT2D eigenvalue weighted by molar-refractivity contribution is -0.389. The summed E-state index contributed by atoms with van der Waals surface area (Å²) in [4.78, 5) is 18.6. The molecule has 18 heavy (non-hydrogen) atoms. The molecule has 7 nitrogen and oxygen atoms in total. The molecular weight excluding hydrogens is 256 g/mol. The summed E-state index contributed by atoms with van der Waals surface area (Å²) in [7, 11) is 1.65. The van der Waals surface area contributed by atoms with Gasteiger partial charge in [0.1, 0.15) is 5.69 Å². The first-order valence-electron chi connectivity index (χ1n) is 5.42. The molecule has 0 aromatic carbocycles. The molecule has 0 bridgehead atoms. The van der Waals surface area contributed by atoms with Crippen molar-refractivity contribution in [3.63, 3.8) is 0 Å². The van der Waals surface area contributed by atoms with Gasteiger partial charge in [0.15, 0.2) is 5.03 Å². The monoisotopic (exact) mass is 272 g/mol. The zero-order chi connectivity index (χ0) is 13.9. The number of aryl methyl sites for hydroxylation is 1. The molecule has 0 saturated heterocycles. The van der Waals surface area contributed by atoms with Crippen molar-refractivity contribution in [3.05, 3.63) is 15.8 Å². The van der Waals surface area contributed by atoms with Crippen LogP contribution in [0.25, 0.3) is 0 Å². The maximum Gasteiger partial charge on any atom is 0.322 e. The maximum atomic E-state index is 11.0. The predicted molar refractivity (Wildman–Crippen MR) is 70.0 cm³/mol. The van der Waals surface area contributed by atoms with Crippen molar-refractivity contribution in [1.82, 2.24) is 9.97 Å². The molecule has 0 aliphatic carbocycles. The van der Waals surface area contributed by atoms with E-state index in [-0.39, 0.29) is 16.0 Å². The summed E-state index contributed by atoms with van der Waals surface area (Å²) in [5, 5.41) is 23.3. The van der Waals surface area contributed by atoms with E-state index in [1.165, 1.54) is 11.8 Å². The van der Waals surface area contributed by atoms with Crippen molar-refractivity contribution >= 4 is 23.4 Å². The fourth-order valence-electron chi connectivity index (χ4n) is 1.22. The Kier molecular flexibility index (Phi) is 4.85. The van der Waals surface area contributed by atoms with E-state index in [9.17, 15) is 15.2 Å². The number of hydrogen-bond acceptors (Lipinski definition) is 7. The summed E-state index contributed by atoms with van der Waals surface area (Å²) in [6.07, 6.45) is -0.581. The molecule has 1 aromatic heterocycles. The Bertz CT molecular complexity index is 453. The van der Waals surface area contributed by atoms with E-state index in [2.05, 4.69) is 15.3 Å². The summed E-state index contributed by atoms with van der Waals surface area (Å²) < 4.78 is 0. The number of nitrogens with one attached hydrogen (secondary N) is 1. The van der Waals surface area contributed by atoms with Crippen LogP contribution in [0, 0.1) is 17.0 Å². The quantitative estimate of drug-likeness (QED) is 0.363. The molecule has 100 valence electrons. The van der Waals surface area contributed by atoms with E-state index in [0.717, 1.165) is 0 Å². The average molecular weight is 272 g/mol. The predicted octanol–water partition coefficient (Wildman–Crippen LogP) is 1.60. The van der Waals surface area contributed by atoms with Crippen molar-refractivity contribution in [2.75, 3.05) is 12.4 Å². The number of nitrogens with zero attached hydrogens (tertiary/aromatic N) is 3. The SMILES string of the molecule is CNc1nc(C)c([N+](=O)[O-])c(SC(C)C(C)O)n1. The molecule has 0 spiro atoms. The number of aliphatic hydroxyl groups is 1. The van der Waals surface area contributed by atoms with Crippen LogP contribution in [0.4, 0.5) is 11.6 Å². The molecule has 0 saturated carbocycles. The van der Waals surface area contributed by atoms with E-state index in [0.29, 0.717) is 11.6 Å². The van der Waals surface area contributed by atoms with Gasteiger partial charge in [-0.25, -0.2) is 4.98 Å². The minimum atomic E-state index is -0.581. The van der Waals surface area contributed by atoms with E-state index < -0.39 is 11.0 Å². The van der Waals surface area contributed by atoms with Gasteiger partial charge in [-0.1, -0.05) is 18.7 Å². The molecule has 2 N–H and O–H groups in total. The van der Waals surface area contributed by atoms with Crippen molar-refractivity contribution in [2.45, 2.75) is 37.2 Å². The highest BCUT2D eigenvalue weighted by atomic mass is 32.2. The lowest BCUT2D eigenvalue weighted by Crippen LogP contribution is -2.16. The normalized spacial score (nSPS) is 14.1. The minimum Gasteiger partial charge on any atom is -0.392 e. The fourth-order valence-corrected chi connectivity index (χ4v) is 2.24. The Morgan fingerprint density at radius 1 is 1.44 bits per heavy atom. The topological polar surface area (TPSA) is 101 Å². The van der Waals surface area contributed by atoms with Crippen LogP contribution >= 0.6 is 11.8 Å². The van der Waals surface area contributed by atoms with Crippen molar-refractivity contribution in [3.8, 4) is 0 Å². The lowest BCUT2D eigenvalue weighted by Gasteiger charge is -2.14. The molecule has 1 aromatic rings. The van der Waals surface area contributed by atoms with Crippen LogP contribution in [-0.4, -0.2) is 38.4 Å². The Morgan fingerprint density at radius 3 is 2.50 bits per heavy atom. The number of thioether (sulfide) groups is 1. The van der Waals surface area contributed by atoms with Gasteiger partial charge in [0.25, 0.3) is 0 Å². The number of nitro groups is 1. The molecule has 0 radical (unpaired) electrons. The Balaban J connectivity index is 3.21. The number of rotatable bonds is 5. The van der Waals surface area contributed by atoms with Crippen molar-refractivity contribution in [2.24, 2.45) is 0 Å². The first kappa shape index (κ1) is 14.7. The Hall–Kier alpha value is -1.41. The van der Waals surface area contributed by atoms with Crippen LogP contribution < -0.4 is 5.32 Å². The summed E-state index contributed by atoms with van der Waals surface area (Å²) in [6.45, 7) is 4.99. The highest BCUT2D eigenvalue weighted by molar-refractivity contribution is 8.00. The molecule has 0 aliphatic rings. The molecule has 2 unspecified atom stereocenters. The molecule has 1 heterocycles. The van der Waals surface area contributed by atoms with E-state index in [4.69, 9.17) is 0 Å². The molecule has 0 aliphatic heterocycles. The van der Waals surface area contributed by atoms with Crippen molar-refractivity contribution < 1.29 is 10.0 Å². The van der Waals surface area contributed by atoms with E-state index >= 15 is 0 Å². The summed E-state index contributed by atoms with van der Waals surface area (Å²) in [5.41, 5.74) is 0.200. The molecular formula is C10H16N4O3S. The molecule has 1 rings (SSSR count). The van der Waals surface area contributed by atoms with Gasteiger partial charge in [0.05, 0.1) is 11.0 Å². The number of anilines is 1. The van der Waals surface area contributed by atoms with Gasteiger partial charge in [-0.15, -0.1) is 0 Å². The first-order chi connectivity index (χ1) is 8.36. The largest absolute Gasteiger partial charge is 0.392 e. The highest BCUT2D eigenvalue weighted by Gasteiger charge is 2.25. The van der Waals surface area contributed by atoms with Crippen LogP contribution in [0.3, 0.4) is 0 Å². The average Bonchev–Trinajstić information content (AvgIpc) is 2.27. The first-order valence-corrected chi connectivity index (χ1v) is 6.30. The van der Waals surface area contributed by atoms with E-state index in [1.54, 1.807) is 27.8 Å². The molecule has 0 fully saturated rings. The third-order valence-corrected chi connectivity index (χ3v) is 3.68. The molecule has 8 heteroatoms. The van der Waals surface area contributed by atoms with Crippen LogP contribution in [0.5, 0.6) is 0 Å².